The van der Waals surface area contributed by atoms with Gasteiger partial charge in [-0.05, 0) is 41.5 Å². The fourth-order valence-electron chi connectivity index (χ4n) is 2.29. The van der Waals surface area contributed by atoms with E-state index in [-0.39, 0.29) is 0 Å². The molecule has 2 aromatic heterocycles. The number of hydrogen-bond donors (Lipinski definition) is 1. The van der Waals surface area contributed by atoms with Crippen LogP contribution >= 0.6 is 27.3 Å². The Kier molecular flexibility index (Phi) is 3.02. The molecule has 3 heterocycles. The minimum atomic E-state index is 0.312. The van der Waals surface area contributed by atoms with E-state index in [1.54, 1.807) is 11.3 Å². The third-order valence-electron chi connectivity index (χ3n) is 3.35. The van der Waals surface area contributed by atoms with E-state index >= 15 is 0 Å². The first kappa shape index (κ1) is 11.7. The molecule has 17 heavy (non-hydrogen) atoms. The van der Waals surface area contributed by atoms with Crippen molar-refractivity contribution in [2.75, 3.05) is 26.7 Å². The summed E-state index contributed by atoms with van der Waals surface area (Å²) in [6.45, 7) is 5.19. The van der Waals surface area contributed by atoms with E-state index in [1.807, 2.05) is 0 Å². The minimum absolute atomic E-state index is 0.312. The van der Waals surface area contributed by atoms with Crippen LogP contribution in [0.5, 0.6) is 0 Å². The number of hydrogen-bond acceptors (Lipinski definition) is 2. The van der Waals surface area contributed by atoms with Crippen LogP contribution in [0.2, 0.25) is 0 Å². The molecule has 1 saturated heterocycles. The first-order valence-corrected chi connectivity index (χ1v) is 7.39. The zero-order valence-electron chi connectivity index (χ0n) is 9.96. The highest BCUT2D eigenvalue weighted by molar-refractivity contribution is 9.11. The van der Waals surface area contributed by atoms with Gasteiger partial charge < -0.3 is 9.88 Å². The summed E-state index contributed by atoms with van der Waals surface area (Å²) in [7, 11) is 2.16. The van der Waals surface area contributed by atoms with Crippen LogP contribution in [0.25, 0.3) is 10.2 Å². The van der Waals surface area contributed by atoms with Gasteiger partial charge in [-0.1, -0.05) is 0 Å². The Morgan fingerprint density at radius 2 is 2.41 bits per heavy atom. The van der Waals surface area contributed by atoms with Crippen LogP contribution in [0, 0.1) is 6.92 Å². The van der Waals surface area contributed by atoms with Gasteiger partial charge in [0.15, 0.2) is 0 Å². The van der Waals surface area contributed by atoms with Gasteiger partial charge >= 0.3 is 0 Å². The molecule has 0 spiro atoms. The van der Waals surface area contributed by atoms with Crippen molar-refractivity contribution in [3.63, 3.8) is 0 Å². The lowest BCUT2D eigenvalue weighted by atomic mass is 10.1. The molecule has 1 unspecified atom stereocenters. The van der Waals surface area contributed by atoms with Crippen LogP contribution in [0.3, 0.4) is 0 Å². The van der Waals surface area contributed by atoms with E-state index in [4.69, 9.17) is 5.32 Å². The van der Waals surface area contributed by atoms with Crippen molar-refractivity contribution >= 4 is 37.5 Å². The molecule has 2 aromatic rings. The van der Waals surface area contributed by atoms with E-state index in [0.29, 0.717) is 6.04 Å². The molecule has 0 amide bonds. The van der Waals surface area contributed by atoms with Crippen LogP contribution in [-0.4, -0.2) is 36.6 Å². The van der Waals surface area contributed by atoms with Gasteiger partial charge in [0.2, 0.25) is 0 Å². The van der Waals surface area contributed by atoms with Crippen molar-refractivity contribution in [1.82, 2.24) is 15.2 Å². The number of thiophene rings is 1. The van der Waals surface area contributed by atoms with Gasteiger partial charge in [0.25, 0.3) is 0 Å². The fraction of sp³-hybridized carbons (Fsp3) is 0.500. The van der Waals surface area contributed by atoms with Gasteiger partial charge in [-0.15, -0.1) is 11.3 Å². The second-order valence-electron chi connectivity index (χ2n) is 4.65. The van der Waals surface area contributed by atoms with Gasteiger partial charge in [-0.3, -0.25) is 0 Å². The summed E-state index contributed by atoms with van der Waals surface area (Å²) in [5.74, 6) is 0. The number of nitrogens with zero attached hydrogens (tertiary/aromatic N) is 2. The maximum Gasteiger partial charge on any atom is 0.0773 e. The predicted octanol–water partition coefficient (Wildman–Crippen LogP) is 2.89. The van der Waals surface area contributed by atoms with Gasteiger partial charge in [0, 0.05) is 25.3 Å². The quantitative estimate of drug-likeness (QED) is 0.863. The number of aromatic amines is 1. The predicted molar refractivity (Wildman–Crippen MR) is 75.9 cm³/mol. The highest BCUT2D eigenvalue weighted by Gasteiger charge is 2.22. The molecule has 1 fully saturated rings. The van der Waals surface area contributed by atoms with Gasteiger partial charge in [0.1, 0.15) is 0 Å². The highest BCUT2D eigenvalue weighted by atomic mass is 79.9. The molecule has 91 valence electrons. The third kappa shape index (κ3) is 2.05. The monoisotopic (exact) mass is 312 g/mol. The highest BCUT2D eigenvalue weighted by Crippen LogP contribution is 2.36. The second kappa shape index (κ2) is 4.39. The lowest BCUT2D eigenvalue weighted by Gasteiger charge is -2.28. The van der Waals surface area contributed by atoms with E-state index in [9.17, 15) is 0 Å². The number of likely N-dealkylation sites (N-methyl/N-ethyl adjacent to an activating group) is 1. The number of halogens is 1. The molecule has 5 heteroatoms. The average molecular weight is 313 g/mol. The standard InChI is InChI=1S/C12H15BrN3S/c1-7-11-10(17-12(7)13)5-8(15-11)9-6-16(2)4-3-14-9/h5,9,15H,3-4,6H2,1-2H3. The maximum atomic E-state index is 4.70. The summed E-state index contributed by atoms with van der Waals surface area (Å²) in [4.78, 5) is 5.88. The normalized spacial score (nSPS) is 22.4. The van der Waals surface area contributed by atoms with Crippen LogP contribution in [0.15, 0.2) is 9.85 Å². The van der Waals surface area contributed by atoms with Crippen molar-refractivity contribution in [3.8, 4) is 0 Å². The van der Waals surface area contributed by atoms with Crippen molar-refractivity contribution in [1.29, 1.82) is 0 Å². The number of aromatic nitrogens is 1. The van der Waals surface area contributed by atoms with Crippen LogP contribution < -0.4 is 5.32 Å². The average Bonchev–Trinajstić information content (AvgIpc) is 2.81. The Morgan fingerprint density at radius 1 is 1.59 bits per heavy atom. The molecule has 0 aliphatic carbocycles. The first-order valence-electron chi connectivity index (χ1n) is 5.78. The summed E-state index contributed by atoms with van der Waals surface area (Å²) in [5, 5.41) is 4.70. The van der Waals surface area contributed by atoms with Crippen molar-refractivity contribution in [3.05, 3.63) is 21.1 Å². The lowest BCUT2D eigenvalue weighted by molar-refractivity contribution is 0.234. The van der Waals surface area contributed by atoms with Crippen LogP contribution in [0.4, 0.5) is 0 Å². The van der Waals surface area contributed by atoms with E-state index in [0.717, 1.165) is 19.6 Å². The number of piperazine rings is 1. The minimum Gasteiger partial charge on any atom is -0.356 e. The number of H-pyrrole nitrogens is 1. The summed E-state index contributed by atoms with van der Waals surface area (Å²) in [6, 6.07) is 2.57. The van der Waals surface area contributed by atoms with Gasteiger partial charge in [-0.2, -0.15) is 0 Å². The molecular weight excluding hydrogens is 298 g/mol. The molecule has 0 saturated carbocycles. The van der Waals surface area contributed by atoms with Crippen LogP contribution in [0.1, 0.15) is 17.3 Å². The summed E-state index contributed by atoms with van der Waals surface area (Å²) >= 11 is 5.38. The number of nitrogens with one attached hydrogen (secondary N) is 1. The Labute approximate surface area is 113 Å². The van der Waals surface area contributed by atoms with E-state index in [2.05, 4.69) is 45.9 Å². The van der Waals surface area contributed by atoms with Crippen molar-refractivity contribution in [2.45, 2.75) is 13.0 Å². The third-order valence-corrected chi connectivity index (χ3v) is 5.45. The number of fused-ring (bicyclic) bond motifs is 1. The first-order chi connectivity index (χ1) is 8.15. The Bertz CT molecular complexity index is 545. The lowest BCUT2D eigenvalue weighted by Crippen LogP contribution is -2.40. The van der Waals surface area contributed by atoms with E-state index in [1.165, 1.54) is 25.3 Å². The summed E-state index contributed by atoms with van der Waals surface area (Å²) in [6.07, 6.45) is 0. The Hall–Kier alpha value is -0.360. The molecule has 3 rings (SSSR count). The Balaban J connectivity index is 1.95. The molecule has 3 nitrogen and oxygen atoms in total. The smallest absolute Gasteiger partial charge is 0.0773 e. The van der Waals surface area contributed by atoms with Crippen molar-refractivity contribution in [2.24, 2.45) is 0 Å². The molecular formula is C12H15BrN3S. The molecule has 1 atom stereocenters. The molecule has 1 aliphatic heterocycles. The second-order valence-corrected chi connectivity index (χ2v) is 7.02. The zero-order valence-corrected chi connectivity index (χ0v) is 12.4. The summed E-state index contributed by atoms with van der Waals surface area (Å²) in [5.41, 5.74) is 3.83. The SMILES string of the molecule is Cc1c(Br)sc2cc(C3CN(C)CC[N]3)[nH]c12. The van der Waals surface area contributed by atoms with Gasteiger partial charge in [-0.25, -0.2) is 5.32 Å². The molecule has 1 radical (unpaired) electrons. The largest absolute Gasteiger partial charge is 0.356 e. The zero-order chi connectivity index (χ0) is 12.0. The molecule has 0 aromatic carbocycles. The number of aryl methyl sites for hydroxylation is 1. The molecule has 1 N–H and O–H groups in total. The maximum absolute atomic E-state index is 4.70. The van der Waals surface area contributed by atoms with Crippen LogP contribution in [-0.2, 0) is 0 Å². The topological polar surface area (TPSA) is 33.1 Å². The fourth-order valence-corrected chi connectivity index (χ4v) is 3.95. The van der Waals surface area contributed by atoms with Crippen molar-refractivity contribution < 1.29 is 0 Å². The summed E-state index contributed by atoms with van der Waals surface area (Å²) < 4.78 is 2.55. The molecule has 0 bridgehead atoms. The number of rotatable bonds is 1. The molecule has 1 aliphatic rings. The van der Waals surface area contributed by atoms with Gasteiger partial charge in [0.05, 0.1) is 20.0 Å². The Morgan fingerprint density at radius 3 is 3.12 bits per heavy atom. The van der Waals surface area contributed by atoms with E-state index < -0.39 is 0 Å².